The number of nitrogens with zero attached hydrogens (tertiary/aromatic N) is 3. The first-order valence-corrected chi connectivity index (χ1v) is 9.85. The molecule has 1 aliphatic heterocycles. The molecule has 1 aliphatic rings. The molecule has 7 nitrogen and oxygen atoms in total. The number of hydrogen-bond acceptors (Lipinski definition) is 7. The number of benzene rings is 1. The highest BCUT2D eigenvalue weighted by Crippen LogP contribution is 2.37. The number of nitrogens with two attached hydrogens (primary N) is 2. The lowest BCUT2D eigenvalue weighted by atomic mass is 10.0. The van der Waals surface area contributed by atoms with Crippen molar-refractivity contribution >= 4 is 33.7 Å². The van der Waals surface area contributed by atoms with Crippen LogP contribution in [0.2, 0.25) is 0 Å². The molecule has 0 radical (unpaired) electrons. The van der Waals surface area contributed by atoms with Gasteiger partial charge in [-0.2, -0.15) is 0 Å². The van der Waals surface area contributed by atoms with Crippen molar-refractivity contribution in [2.24, 2.45) is 17.5 Å². The average Bonchev–Trinajstić information content (AvgIpc) is 3.27. The molecular weight excluding hydrogens is 362 g/mol. The number of allylic oxidation sites excluding steroid dienone is 1. The fraction of sp³-hybridized carbons (Fsp3) is 0.421. The van der Waals surface area contributed by atoms with Crippen LogP contribution in [0.25, 0.3) is 10.2 Å². The number of likely N-dealkylation sites (tertiary alicyclic amines) is 1. The lowest BCUT2D eigenvalue weighted by molar-refractivity contribution is -0.138. The first-order chi connectivity index (χ1) is 12.9. The van der Waals surface area contributed by atoms with E-state index in [1.807, 2.05) is 43.0 Å². The first-order valence-electron chi connectivity index (χ1n) is 9.03. The molecule has 1 saturated heterocycles. The van der Waals surface area contributed by atoms with E-state index in [2.05, 4.69) is 0 Å². The van der Waals surface area contributed by atoms with E-state index in [1.165, 1.54) is 11.2 Å². The summed E-state index contributed by atoms with van der Waals surface area (Å²) in [6.07, 6.45) is 3.64. The van der Waals surface area contributed by atoms with Gasteiger partial charge in [0.1, 0.15) is 11.0 Å². The Morgan fingerprint density at radius 2 is 2.15 bits per heavy atom. The Morgan fingerprint density at radius 3 is 2.81 bits per heavy atom. The van der Waals surface area contributed by atoms with Crippen LogP contribution < -0.4 is 11.6 Å². The molecule has 1 fully saturated rings. The van der Waals surface area contributed by atoms with Crippen LogP contribution in [0.5, 0.6) is 0 Å². The van der Waals surface area contributed by atoms with Crippen LogP contribution in [0.15, 0.2) is 36.2 Å². The fourth-order valence-electron chi connectivity index (χ4n) is 3.53. The number of carbonyl (C=O) groups is 2. The Labute approximate surface area is 162 Å². The molecule has 1 aromatic carbocycles. The van der Waals surface area contributed by atoms with Crippen LogP contribution in [0, 0.1) is 5.92 Å². The topological polar surface area (TPSA) is 106 Å². The number of fused-ring (bicyclic) bond motifs is 1. The van der Waals surface area contributed by atoms with Crippen molar-refractivity contribution < 1.29 is 9.59 Å². The largest absolute Gasteiger partial charge is 0.395 e. The summed E-state index contributed by atoms with van der Waals surface area (Å²) in [5.41, 5.74) is 6.51. The number of thiazole rings is 1. The normalized spacial score (nSPS) is 18.9. The van der Waals surface area contributed by atoms with Crippen molar-refractivity contribution in [1.29, 1.82) is 0 Å². The number of hydrogen-bond donors (Lipinski definition) is 2. The maximum absolute atomic E-state index is 13.3. The van der Waals surface area contributed by atoms with Crippen LogP contribution in [-0.4, -0.2) is 39.7 Å². The van der Waals surface area contributed by atoms with Gasteiger partial charge in [-0.15, -0.1) is 11.3 Å². The number of aromatic nitrogens is 1. The minimum atomic E-state index is -0.599. The third-order valence-corrected chi connectivity index (χ3v) is 5.91. The van der Waals surface area contributed by atoms with Crippen LogP contribution in [0.3, 0.4) is 0 Å². The minimum absolute atomic E-state index is 0.0138. The molecule has 0 aliphatic carbocycles. The maximum atomic E-state index is 13.3. The van der Waals surface area contributed by atoms with Crippen molar-refractivity contribution in [3.05, 3.63) is 41.2 Å². The Hall–Kier alpha value is -2.45. The third kappa shape index (κ3) is 3.96. The van der Waals surface area contributed by atoms with E-state index in [1.54, 1.807) is 11.3 Å². The second kappa shape index (κ2) is 8.06. The molecule has 2 aromatic rings. The number of hydrazine groups is 1. The van der Waals surface area contributed by atoms with Gasteiger partial charge in [0.05, 0.1) is 22.0 Å². The van der Waals surface area contributed by atoms with Gasteiger partial charge in [-0.25, -0.2) is 10.8 Å². The molecule has 0 saturated carbocycles. The molecule has 1 amide bonds. The smallest absolute Gasteiger partial charge is 0.247 e. The van der Waals surface area contributed by atoms with Gasteiger partial charge in [-0.1, -0.05) is 26.0 Å². The number of amides is 1. The zero-order valence-electron chi connectivity index (χ0n) is 15.5. The first kappa shape index (κ1) is 19.3. The second-order valence-corrected chi connectivity index (χ2v) is 8.15. The summed E-state index contributed by atoms with van der Waals surface area (Å²) < 4.78 is 1.12. The van der Waals surface area contributed by atoms with E-state index in [9.17, 15) is 9.59 Å². The molecule has 2 heterocycles. The summed E-state index contributed by atoms with van der Waals surface area (Å²) in [6, 6.07) is 7.35. The van der Waals surface area contributed by atoms with Gasteiger partial charge in [-0.05, 0) is 30.9 Å². The van der Waals surface area contributed by atoms with Crippen LogP contribution in [0.1, 0.15) is 37.7 Å². The monoisotopic (exact) mass is 387 g/mol. The van der Waals surface area contributed by atoms with Gasteiger partial charge in [0, 0.05) is 12.7 Å². The summed E-state index contributed by atoms with van der Waals surface area (Å²) in [7, 11) is 0. The molecule has 0 spiro atoms. The van der Waals surface area contributed by atoms with Gasteiger partial charge in [-0.3, -0.25) is 9.59 Å². The summed E-state index contributed by atoms with van der Waals surface area (Å²) >= 11 is 1.63. The Balaban J connectivity index is 1.87. The second-order valence-electron chi connectivity index (χ2n) is 7.09. The molecule has 144 valence electrons. The van der Waals surface area contributed by atoms with Gasteiger partial charge in [0.2, 0.25) is 5.91 Å². The third-order valence-electron chi connectivity index (χ3n) is 4.77. The standard InChI is InChI=1S/C19H25N5O2S/c1-12(2)17(24(21)10-13(20)11-25)19(26)23-9-5-7-15(23)18-22-14-6-3-4-8-16(14)27-18/h3-4,6,8,10-12,15,17H,5,7,9,20-21H2,1-2H3/b13-10-. The number of rotatable bonds is 6. The lowest BCUT2D eigenvalue weighted by Gasteiger charge is -2.34. The number of aldehydes is 1. The van der Waals surface area contributed by atoms with E-state index in [0.717, 1.165) is 28.1 Å². The molecule has 0 bridgehead atoms. The molecule has 27 heavy (non-hydrogen) atoms. The summed E-state index contributed by atoms with van der Waals surface area (Å²) in [5.74, 6) is 5.95. The summed E-state index contributed by atoms with van der Waals surface area (Å²) in [5, 5.41) is 2.21. The zero-order chi connectivity index (χ0) is 19.6. The molecule has 2 atom stereocenters. The molecule has 3 rings (SSSR count). The Kier molecular flexibility index (Phi) is 5.76. The van der Waals surface area contributed by atoms with Crippen LogP contribution >= 0.6 is 11.3 Å². The molecule has 4 N–H and O–H groups in total. The lowest BCUT2D eigenvalue weighted by Crippen LogP contribution is -2.52. The molecule has 1 aromatic heterocycles. The van der Waals surface area contributed by atoms with Crippen LogP contribution in [-0.2, 0) is 9.59 Å². The van der Waals surface area contributed by atoms with E-state index in [4.69, 9.17) is 16.6 Å². The predicted octanol–water partition coefficient (Wildman–Crippen LogP) is 2.16. The van der Waals surface area contributed by atoms with Gasteiger partial charge in [0.15, 0.2) is 6.29 Å². The van der Waals surface area contributed by atoms with Gasteiger partial charge in [0.25, 0.3) is 0 Å². The van der Waals surface area contributed by atoms with Crippen molar-refractivity contribution in [1.82, 2.24) is 14.9 Å². The summed E-state index contributed by atoms with van der Waals surface area (Å²) in [4.78, 5) is 30.7. The number of para-hydroxylation sites is 1. The van der Waals surface area contributed by atoms with Gasteiger partial charge >= 0.3 is 0 Å². The van der Waals surface area contributed by atoms with Crippen molar-refractivity contribution in [3.8, 4) is 0 Å². The average molecular weight is 388 g/mol. The minimum Gasteiger partial charge on any atom is -0.395 e. The van der Waals surface area contributed by atoms with Crippen molar-refractivity contribution in [2.45, 2.75) is 38.8 Å². The van der Waals surface area contributed by atoms with E-state index >= 15 is 0 Å². The SMILES string of the molecule is CC(C)C(C(=O)N1CCCC1c1nc2ccccc2s1)N(N)/C=C(\N)C=O. The van der Waals surface area contributed by atoms with Crippen LogP contribution in [0.4, 0.5) is 0 Å². The maximum Gasteiger partial charge on any atom is 0.247 e. The number of carbonyl (C=O) groups excluding carboxylic acids is 2. The Morgan fingerprint density at radius 1 is 1.41 bits per heavy atom. The van der Waals surface area contributed by atoms with E-state index in [-0.39, 0.29) is 23.6 Å². The zero-order valence-corrected chi connectivity index (χ0v) is 16.4. The van der Waals surface area contributed by atoms with E-state index in [0.29, 0.717) is 12.8 Å². The van der Waals surface area contributed by atoms with Crippen molar-refractivity contribution in [3.63, 3.8) is 0 Å². The highest BCUT2D eigenvalue weighted by molar-refractivity contribution is 7.18. The molecule has 8 heteroatoms. The summed E-state index contributed by atoms with van der Waals surface area (Å²) in [6.45, 7) is 4.52. The predicted molar refractivity (Wildman–Crippen MR) is 106 cm³/mol. The molecule has 2 unspecified atom stereocenters. The van der Waals surface area contributed by atoms with Gasteiger partial charge < -0.3 is 15.6 Å². The highest BCUT2D eigenvalue weighted by atomic mass is 32.1. The Bertz CT molecular complexity index is 830. The van der Waals surface area contributed by atoms with Crippen molar-refractivity contribution in [2.75, 3.05) is 6.54 Å². The quantitative estimate of drug-likeness (QED) is 0.341. The molecular formula is C19H25N5O2S. The highest BCUT2D eigenvalue weighted by Gasteiger charge is 2.38. The fourth-order valence-corrected chi connectivity index (χ4v) is 4.64. The van der Waals surface area contributed by atoms with E-state index < -0.39 is 6.04 Å².